The molecule has 2 N–H and O–H groups in total. The normalized spacial score (nSPS) is 17.8. The number of anilines is 2. The Bertz CT molecular complexity index is 1390. The van der Waals surface area contributed by atoms with Gasteiger partial charge in [0, 0.05) is 32.1 Å². The number of para-hydroxylation sites is 1. The van der Waals surface area contributed by atoms with Crippen molar-refractivity contribution in [2.45, 2.75) is 44.4 Å². The van der Waals surface area contributed by atoms with E-state index in [0.29, 0.717) is 24.5 Å². The molecule has 0 spiro atoms. The molecule has 1 heterocycles. The fraction of sp³-hybridized carbons (Fsp3) is 0.355. The molecule has 1 aliphatic rings. The fourth-order valence-electron chi connectivity index (χ4n) is 5.36. The Morgan fingerprint density at radius 2 is 1.54 bits per heavy atom. The van der Waals surface area contributed by atoms with Crippen LogP contribution in [-0.2, 0) is 12.7 Å². The van der Waals surface area contributed by atoms with Gasteiger partial charge in [-0.1, -0.05) is 48.5 Å². The predicted octanol–water partition coefficient (Wildman–Crippen LogP) is 7.14. The molecule has 0 aliphatic heterocycles. The first-order valence-corrected chi connectivity index (χ1v) is 13.4. The van der Waals surface area contributed by atoms with Crippen molar-refractivity contribution in [1.82, 2.24) is 15.3 Å². The smallest absolute Gasteiger partial charge is 0.362 e. The zero-order valence-electron chi connectivity index (χ0n) is 22.3. The minimum atomic E-state index is -4.33. The Balaban J connectivity index is 1.14. The van der Waals surface area contributed by atoms with Gasteiger partial charge in [-0.2, -0.15) is 18.2 Å². The Hall–Kier alpha value is -3.65. The van der Waals surface area contributed by atoms with E-state index in [1.807, 2.05) is 61.5 Å². The number of fused-ring (bicyclic) bond motifs is 1. The van der Waals surface area contributed by atoms with Crippen LogP contribution in [0.1, 0.15) is 36.8 Å². The third kappa shape index (κ3) is 6.50. The highest BCUT2D eigenvalue weighted by Gasteiger charge is 2.30. The number of rotatable bonds is 8. The Morgan fingerprint density at radius 1 is 0.846 bits per heavy atom. The van der Waals surface area contributed by atoms with E-state index < -0.39 is 11.7 Å². The van der Waals surface area contributed by atoms with E-state index in [9.17, 15) is 13.2 Å². The van der Waals surface area contributed by atoms with Gasteiger partial charge in [0.25, 0.3) is 0 Å². The molecule has 0 bridgehead atoms. The number of hydrogen-bond donors (Lipinski definition) is 2. The highest BCUT2D eigenvalue weighted by molar-refractivity contribution is 5.90. The van der Waals surface area contributed by atoms with Gasteiger partial charge in [-0.25, -0.2) is 4.98 Å². The lowest BCUT2D eigenvalue weighted by Gasteiger charge is -2.29. The van der Waals surface area contributed by atoms with E-state index >= 15 is 0 Å². The molecule has 1 fully saturated rings. The van der Waals surface area contributed by atoms with E-state index in [2.05, 4.69) is 16.7 Å². The van der Waals surface area contributed by atoms with E-state index in [-0.39, 0.29) is 0 Å². The van der Waals surface area contributed by atoms with E-state index in [4.69, 9.17) is 9.97 Å². The SMILES string of the molecule is CN(C)c1nc(N[C@H]2CC[C@@H](CNCc3ccccc3-c3ccc(C(F)(F)F)cc3)CC2)nc2ccccc12. The Kier molecular flexibility index (Phi) is 8.02. The Labute approximate surface area is 227 Å². The second kappa shape index (κ2) is 11.6. The maximum atomic E-state index is 13.0. The van der Waals surface area contributed by atoms with Gasteiger partial charge < -0.3 is 15.5 Å². The summed E-state index contributed by atoms with van der Waals surface area (Å²) in [6.45, 7) is 1.58. The summed E-state index contributed by atoms with van der Waals surface area (Å²) in [6.07, 6.45) is 0.00834. The summed E-state index contributed by atoms with van der Waals surface area (Å²) in [6, 6.07) is 21.7. The largest absolute Gasteiger partial charge is 0.416 e. The van der Waals surface area contributed by atoms with E-state index in [1.165, 1.54) is 0 Å². The molecule has 204 valence electrons. The molecule has 39 heavy (non-hydrogen) atoms. The van der Waals surface area contributed by atoms with Crippen LogP contribution in [0.5, 0.6) is 0 Å². The van der Waals surface area contributed by atoms with Gasteiger partial charge in [-0.3, -0.25) is 0 Å². The molecule has 1 aromatic heterocycles. The monoisotopic (exact) mass is 533 g/mol. The number of aromatic nitrogens is 2. The first-order valence-electron chi connectivity index (χ1n) is 13.4. The number of nitrogens with zero attached hydrogens (tertiary/aromatic N) is 3. The number of nitrogens with one attached hydrogen (secondary N) is 2. The summed E-state index contributed by atoms with van der Waals surface area (Å²) < 4.78 is 38.9. The summed E-state index contributed by atoms with van der Waals surface area (Å²) >= 11 is 0. The third-order valence-corrected chi connectivity index (χ3v) is 7.48. The first-order chi connectivity index (χ1) is 18.8. The van der Waals surface area contributed by atoms with Gasteiger partial charge in [0.05, 0.1) is 11.1 Å². The minimum Gasteiger partial charge on any atom is -0.362 e. The van der Waals surface area contributed by atoms with Crippen LogP contribution >= 0.6 is 0 Å². The van der Waals surface area contributed by atoms with Gasteiger partial charge in [-0.05, 0) is 79.1 Å². The lowest BCUT2D eigenvalue weighted by atomic mass is 9.86. The standard InChI is InChI=1S/C31H34F3N5/c1-39(2)29-27-9-5-6-10-28(27)37-30(38-29)36-25-17-11-21(12-18-25)19-35-20-23-7-3-4-8-26(23)22-13-15-24(16-14-22)31(32,33)34/h3-10,13-16,21,25,35H,11-12,17-20H2,1-2H3,(H,36,37,38)/t21-,25+. The average Bonchev–Trinajstić information content (AvgIpc) is 2.93. The van der Waals surface area contributed by atoms with E-state index in [0.717, 1.165) is 77.8 Å². The zero-order chi connectivity index (χ0) is 27.4. The lowest BCUT2D eigenvalue weighted by Crippen LogP contribution is -2.31. The molecule has 1 aliphatic carbocycles. The molecular formula is C31H34F3N5. The van der Waals surface area contributed by atoms with Crippen molar-refractivity contribution in [1.29, 1.82) is 0 Å². The van der Waals surface area contributed by atoms with Crippen LogP contribution in [0, 0.1) is 5.92 Å². The average molecular weight is 534 g/mol. The van der Waals surface area contributed by atoms with Crippen LogP contribution in [0.25, 0.3) is 22.0 Å². The molecule has 1 saturated carbocycles. The van der Waals surface area contributed by atoms with Crippen LogP contribution in [0.2, 0.25) is 0 Å². The molecule has 5 nitrogen and oxygen atoms in total. The van der Waals surface area contributed by atoms with Crippen LogP contribution in [0.4, 0.5) is 24.9 Å². The van der Waals surface area contributed by atoms with Crippen molar-refractivity contribution < 1.29 is 13.2 Å². The minimum absolute atomic E-state index is 0.345. The van der Waals surface area contributed by atoms with Crippen LogP contribution in [0.3, 0.4) is 0 Å². The molecule has 5 rings (SSSR count). The van der Waals surface area contributed by atoms with Gasteiger partial charge in [0.2, 0.25) is 5.95 Å². The van der Waals surface area contributed by atoms with Gasteiger partial charge >= 0.3 is 6.18 Å². The van der Waals surface area contributed by atoms with Crippen LogP contribution < -0.4 is 15.5 Å². The molecule has 8 heteroatoms. The van der Waals surface area contributed by atoms with Crippen molar-refractivity contribution in [2.75, 3.05) is 30.9 Å². The molecule has 0 saturated heterocycles. The van der Waals surface area contributed by atoms with Gasteiger partial charge in [0.15, 0.2) is 0 Å². The lowest BCUT2D eigenvalue weighted by molar-refractivity contribution is -0.137. The maximum Gasteiger partial charge on any atom is 0.416 e. The summed E-state index contributed by atoms with van der Waals surface area (Å²) in [5, 5.41) is 8.21. The third-order valence-electron chi connectivity index (χ3n) is 7.48. The first kappa shape index (κ1) is 26.9. The van der Waals surface area contributed by atoms with Crippen molar-refractivity contribution >= 4 is 22.7 Å². The maximum absolute atomic E-state index is 13.0. The van der Waals surface area contributed by atoms with Gasteiger partial charge in [-0.15, -0.1) is 0 Å². The second-order valence-corrected chi connectivity index (χ2v) is 10.5. The fourth-order valence-corrected chi connectivity index (χ4v) is 5.36. The Morgan fingerprint density at radius 3 is 2.26 bits per heavy atom. The van der Waals surface area contributed by atoms with Crippen molar-refractivity contribution in [2.24, 2.45) is 5.92 Å². The molecule has 4 aromatic rings. The summed E-state index contributed by atoms with van der Waals surface area (Å²) in [4.78, 5) is 11.6. The number of halogens is 3. The number of hydrogen-bond acceptors (Lipinski definition) is 5. The summed E-state index contributed by atoms with van der Waals surface area (Å²) in [7, 11) is 4.00. The number of alkyl halides is 3. The number of benzene rings is 3. The van der Waals surface area contributed by atoms with Crippen molar-refractivity contribution in [3.8, 4) is 11.1 Å². The molecule has 3 aromatic carbocycles. The van der Waals surface area contributed by atoms with Crippen LogP contribution in [-0.4, -0.2) is 36.6 Å². The molecule has 0 unspecified atom stereocenters. The molecule has 0 atom stereocenters. The zero-order valence-corrected chi connectivity index (χ0v) is 22.3. The highest BCUT2D eigenvalue weighted by atomic mass is 19.4. The summed E-state index contributed by atoms with van der Waals surface area (Å²) in [5.41, 5.74) is 3.14. The van der Waals surface area contributed by atoms with Crippen molar-refractivity contribution in [3.05, 3.63) is 83.9 Å². The highest BCUT2D eigenvalue weighted by Crippen LogP contribution is 2.32. The molecule has 0 amide bonds. The van der Waals surface area contributed by atoms with Gasteiger partial charge in [0.1, 0.15) is 5.82 Å². The van der Waals surface area contributed by atoms with Crippen LogP contribution in [0.15, 0.2) is 72.8 Å². The van der Waals surface area contributed by atoms with Crippen molar-refractivity contribution in [3.63, 3.8) is 0 Å². The topological polar surface area (TPSA) is 53.1 Å². The molecule has 0 radical (unpaired) electrons. The predicted molar refractivity (Wildman–Crippen MR) is 152 cm³/mol. The molecular weight excluding hydrogens is 499 g/mol. The summed E-state index contributed by atoms with van der Waals surface area (Å²) in [5.74, 6) is 2.17. The van der Waals surface area contributed by atoms with E-state index in [1.54, 1.807) is 12.1 Å². The second-order valence-electron chi connectivity index (χ2n) is 10.5. The quantitative estimate of drug-likeness (QED) is 0.252.